The number of rotatable bonds is 2. The zero-order valence-corrected chi connectivity index (χ0v) is 10.5. The van der Waals surface area contributed by atoms with E-state index in [1.54, 1.807) is 30.3 Å². The van der Waals surface area contributed by atoms with E-state index in [2.05, 4.69) is 0 Å². The van der Waals surface area contributed by atoms with Gasteiger partial charge in [-0.25, -0.2) is 0 Å². The first kappa shape index (κ1) is 12.2. The molecule has 0 N–H and O–H groups in total. The molecule has 1 saturated carbocycles. The summed E-state index contributed by atoms with van der Waals surface area (Å²) in [5.41, 5.74) is 0. The predicted molar refractivity (Wildman–Crippen MR) is 66.4 cm³/mol. The van der Waals surface area contributed by atoms with E-state index in [1.807, 2.05) is 12.1 Å². The molecule has 3 atom stereocenters. The molecule has 0 unspecified atom stereocenters. The van der Waals surface area contributed by atoms with Gasteiger partial charge in [0, 0.05) is 10.8 Å². The van der Waals surface area contributed by atoms with Gasteiger partial charge in [0.05, 0.1) is 0 Å². The van der Waals surface area contributed by atoms with Crippen molar-refractivity contribution in [2.24, 2.45) is 11.8 Å². The molecule has 0 heterocycles. The van der Waals surface area contributed by atoms with Crippen LogP contribution in [0.5, 0.6) is 0 Å². The van der Waals surface area contributed by atoms with Crippen LogP contribution in [-0.4, -0.2) is 10.9 Å². The van der Waals surface area contributed by atoms with Crippen LogP contribution in [0.4, 0.5) is 13.2 Å². The number of allylic oxidation sites excluding steroid dienone is 2. The minimum absolute atomic E-state index is 0.104. The number of benzene rings is 1. The highest BCUT2D eigenvalue weighted by Gasteiger charge is 2.64. The van der Waals surface area contributed by atoms with E-state index in [4.69, 9.17) is 0 Å². The zero-order valence-electron chi connectivity index (χ0n) is 9.65. The van der Waals surface area contributed by atoms with Gasteiger partial charge in [0.15, 0.2) is 0 Å². The number of hydrogen-bond acceptors (Lipinski definition) is 1. The van der Waals surface area contributed by atoms with Crippen molar-refractivity contribution in [2.45, 2.75) is 28.7 Å². The Balaban J connectivity index is 1.95. The molecule has 0 nitrogen and oxygen atoms in total. The van der Waals surface area contributed by atoms with Crippen molar-refractivity contribution in [3.8, 4) is 0 Å². The number of halogens is 3. The van der Waals surface area contributed by atoms with E-state index in [1.165, 1.54) is 0 Å². The van der Waals surface area contributed by atoms with Gasteiger partial charge in [0.2, 0.25) is 0 Å². The van der Waals surface area contributed by atoms with Gasteiger partial charge in [0.25, 0.3) is 0 Å². The van der Waals surface area contributed by atoms with Crippen LogP contribution >= 0.6 is 11.8 Å². The maximum atomic E-state index is 13.5. The van der Waals surface area contributed by atoms with Gasteiger partial charge in [-0.3, -0.25) is 0 Å². The summed E-state index contributed by atoms with van der Waals surface area (Å²) in [6.07, 6.45) is 0.423. The summed E-state index contributed by atoms with van der Waals surface area (Å²) in [6.45, 7) is 0. The Hall–Kier alpha value is -0.900. The predicted octanol–water partition coefficient (Wildman–Crippen LogP) is 4.68. The van der Waals surface area contributed by atoms with Gasteiger partial charge in [-0.1, -0.05) is 30.4 Å². The van der Waals surface area contributed by atoms with Crippen molar-refractivity contribution in [3.05, 3.63) is 42.5 Å². The molecule has 2 bridgehead atoms. The third-order valence-corrected chi connectivity index (χ3v) is 5.43. The van der Waals surface area contributed by atoms with Crippen molar-refractivity contribution in [2.75, 3.05) is 0 Å². The fourth-order valence-electron chi connectivity index (χ4n) is 3.01. The molecule has 1 aromatic rings. The van der Waals surface area contributed by atoms with Gasteiger partial charge in [-0.05, 0) is 30.9 Å². The van der Waals surface area contributed by atoms with Crippen LogP contribution in [0.25, 0.3) is 0 Å². The second-order valence-corrected chi connectivity index (χ2v) is 6.40. The van der Waals surface area contributed by atoms with Gasteiger partial charge in [-0.2, -0.15) is 13.2 Å². The third-order valence-electron chi connectivity index (χ3n) is 3.86. The quantitative estimate of drug-likeness (QED) is 0.703. The Morgan fingerprint density at radius 2 is 1.83 bits per heavy atom. The van der Waals surface area contributed by atoms with Crippen LogP contribution in [0, 0.1) is 11.8 Å². The minimum Gasteiger partial charge on any atom is -0.169 e. The number of fused-ring (bicyclic) bond motifs is 2. The van der Waals surface area contributed by atoms with Crippen molar-refractivity contribution in [1.29, 1.82) is 0 Å². The highest BCUT2D eigenvalue weighted by atomic mass is 32.2. The normalized spacial score (nSPS) is 34.2. The molecule has 0 aliphatic heterocycles. The Morgan fingerprint density at radius 3 is 2.33 bits per heavy atom. The molecule has 0 spiro atoms. The van der Waals surface area contributed by atoms with Gasteiger partial charge in [-0.15, -0.1) is 11.8 Å². The lowest BCUT2D eigenvalue weighted by molar-refractivity contribution is -0.164. The topological polar surface area (TPSA) is 0 Å². The molecule has 2 aliphatic rings. The van der Waals surface area contributed by atoms with Crippen molar-refractivity contribution >= 4 is 11.8 Å². The molecule has 18 heavy (non-hydrogen) atoms. The lowest BCUT2D eigenvalue weighted by atomic mass is 9.92. The van der Waals surface area contributed by atoms with E-state index in [0.29, 0.717) is 11.3 Å². The van der Waals surface area contributed by atoms with Crippen LogP contribution in [0.15, 0.2) is 47.4 Å². The van der Waals surface area contributed by atoms with Crippen LogP contribution in [0.3, 0.4) is 0 Å². The van der Waals surface area contributed by atoms with Crippen LogP contribution < -0.4 is 0 Å². The molecule has 96 valence electrons. The maximum absolute atomic E-state index is 13.5. The van der Waals surface area contributed by atoms with Crippen LogP contribution in [0.1, 0.15) is 12.8 Å². The molecule has 0 radical (unpaired) electrons. The average molecular weight is 270 g/mol. The molecule has 1 fully saturated rings. The van der Waals surface area contributed by atoms with E-state index in [0.717, 1.165) is 11.8 Å². The molecular formula is C14H13F3S. The van der Waals surface area contributed by atoms with E-state index in [9.17, 15) is 13.2 Å². The van der Waals surface area contributed by atoms with Gasteiger partial charge in [0.1, 0.15) is 4.75 Å². The Morgan fingerprint density at radius 1 is 1.11 bits per heavy atom. The minimum atomic E-state index is -4.16. The Labute approximate surface area is 108 Å². The summed E-state index contributed by atoms with van der Waals surface area (Å²) in [7, 11) is 0. The van der Waals surface area contributed by atoms with Crippen LogP contribution in [-0.2, 0) is 0 Å². The smallest absolute Gasteiger partial charge is 0.169 e. The summed E-state index contributed by atoms with van der Waals surface area (Å²) in [6, 6.07) is 8.91. The zero-order chi connectivity index (χ0) is 12.8. The monoisotopic (exact) mass is 270 g/mol. The Bertz CT molecular complexity index is 466. The van der Waals surface area contributed by atoms with Crippen molar-refractivity contribution in [1.82, 2.24) is 0 Å². The summed E-state index contributed by atoms with van der Waals surface area (Å²) in [4.78, 5) is 0.704. The van der Waals surface area contributed by atoms with E-state index < -0.39 is 10.9 Å². The second-order valence-electron chi connectivity index (χ2n) is 4.99. The number of hydrogen-bond donors (Lipinski definition) is 0. The summed E-state index contributed by atoms with van der Waals surface area (Å²) in [5, 5.41) is 0. The van der Waals surface area contributed by atoms with Crippen LogP contribution in [0.2, 0.25) is 0 Å². The highest BCUT2D eigenvalue weighted by molar-refractivity contribution is 8.00. The molecule has 0 saturated heterocycles. The first-order valence-corrected chi connectivity index (χ1v) is 6.82. The fourth-order valence-corrected chi connectivity index (χ4v) is 4.47. The molecule has 1 aromatic carbocycles. The Kier molecular flexibility index (Phi) is 2.73. The molecule has 2 aliphatic carbocycles. The highest BCUT2D eigenvalue weighted by Crippen LogP contribution is 2.62. The largest absolute Gasteiger partial charge is 0.404 e. The van der Waals surface area contributed by atoms with Gasteiger partial charge < -0.3 is 0 Å². The van der Waals surface area contributed by atoms with E-state index >= 15 is 0 Å². The lowest BCUT2D eigenvalue weighted by Crippen LogP contribution is -2.45. The summed E-state index contributed by atoms with van der Waals surface area (Å²) < 4.78 is 38.9. The van der Waals surface area contributed by atoms with Gasteiger partial charge >= 0.3 is 6.18 Å². The molecule has 4 heteroatoms. The summed E-state index contributed by atoms with van der Waals surface area (Å²) >= 11 is 0.992. The second kappa shape index (κ2) is 4.05. The van der Waals surface area contributed by atoms with Crippen molar-refractivity contribution < 1.29 is 13.2 Å². The summed E-state index contributed by atoms with van der Waals surface area (Å²) in [5.74, 6) is -0.263. The molecule has 0 amide bonds. The first-order chi connectivity index (χ1) is 8.51. The first-order valence-electron chi connectivity index (χ1n) is 6.00. The molecule has 0 aromatic heterocycles. The average Bonchev–Trinajstić information content (AvgIpc) is 2.90. The standard InChI is InChI=1S/C14H13F3S/c15-14(16,17)13(9-10-6-7-11(13)8-10)18-12-4-2-1-3-5-12/h1-7,10-11H,8-9H2/t10-,11+,13+/m0/s1. The maximum Gasteiger partial charge on any atom is 0.404 e. The number of thioether (sulfide) groups is 1. The lowest BCUT2D eigenvalue weighted by Gasteiger charge is -2.36. The SMILES string of the molecule is FC(F)(F)[C@@]1(Sc2ccccc2)C[C@H]2C=C[C@@H]1C2. The third kappa shape index (κ3) is 1.78. The van der Waals surface area contributed by atoms with Crippen molar-refractivity contribution in [3.63, 3.8) is 0 Å². The van der Waals surface area contributed by atoms with E-state index in [-0.39, 0.29) is 18.3 Å². The molecular weight excluding hydrogens is 257 g/mol. The fraction of sp³-hybridized carbons (Fsp3) is 0.429. The number of alkyl halides is 3. The molecule has 3 rings (SSSR count).